The Balaban J connectivity index is 1.72. The maximum atomic E-state index is 13.0. The summed E-state index contributed by atoms with van der Waals surface area (Å²) in [6.45, 7) is 2.84. The van der Waals surface area contributed by atoms with Gasteiger partial charge in [-0.2, -0.15) is 5.10 Å². The molecule has 0 unspecified atom stereocenters. The van der Waals surface area contributed by atoms with Crippen LogP contribution in [0.5, 0.6) is 0 Å². The number of rotatable bonds is 4. The van der Waals surface area contributed by atoms with Crippen LogP contribution in [-0.2, 0) is 17.7 Å². The molecule has 2 aromatic carbocycles. The van der Waals surface area contributed by atoms with Crippen molar-refractivity contribution in [3.05, 3.63) is 82.1 Å². The molecule has 0 fully saturated rings. The number of nitrogens with zero attached hydrogens (tertiary/aromatic N) is 3. The largest absolute Gasteiger partial charge is 0.461 e. The Labute approximate surface area is 173 Å². The number of benzene rings is 2. The molecule has 0 aliphatic carbocycles. The van der Waals surface area contributed by atoms with Gasteiger partial charge in [0.15, 0.2) is 5.69 Å². The second kappa shape index (κ2) is 8.09. The Morgan fingerprint density at radius 2 is 1.93 bits per heavy atom. The van der Waals surface area contributed by atoms with Crippen molar-refractivity contribution < 1.29 is 14.3 Å². The number of carbonyl (C=O) groups is 2. The van der Waals surface area contributed by atoms with Crippen LogP contribution in [0.25, 0.3) is 5.69 Å². The Bertz CT molecular complexity index is 1060. The van der Waals surface area contributed by atoms with E-state index in [9.17, 15) is 9.59 Å². The van der Waals surface area contributed by atoms with Crippen LogP contribution in [0.15, 0.2) is 54.6 Å². The van der Waals surface area contributed by atoms with Crippen LogP contribution in [0.3, 0.4) is 0 Å². The Morgan fingerprint density at radius 1 is 1.14 bits per heavy atom. The third-order valence-electron chi connectivity index (χ3n) is 4.89. The number of aromatic nitrogens is 2. The minimum Gasteiger partial charge on any atom is -0.461 e. The number of esters is 1. The molecule has 1 aromatic heterocycles. The van der Waals surface area contributed by atoms with Gasteiger partial charge < -0.3 is 9.64 Å². The van der Waals surface area contributed by atoms with Crippen LogP contribution in [-0.4, -0.2) is 39.7 Å². The molecule has 1 amide bonds. The summed E-state index contributed by atoms with van der Waals surface area (Å²) >= 11 is 6.04. The SMILES string of the molecule is CCOC(=O)c1nn(-c2ccccc2)c2c1CN(C(=O)c1cccc(Cl)c1)CC2. The molecule has 2 heterocycles. The van der Waals surface area contributed by atoms with Gasteiger partial charge in [0.1, 0.15) is 0 Å². The van der Waals surface area contributed by atoms with Gasteiger partial charge in [0.25, 0.3) is 5.91 Å². The summed E-state index contributed by atoms with van der Waals surface area (Å²) in [7, 11) is 0. The van der Waals surface area contributed by atoms with E-state index in [1.54, 1.807) is 40.8 Å². The van der Waals surface area contributed by atoms with Crippen LogP contribution < -0.4 is 0 Å². The van der Waals surface area contributed by atoms with Crippen molar-refractivity contribution in [2.45, 2.75) is 19.9 Å². The summed E-state index contributed by atoms with van der Waals surface area (Å²) in [6, 6.07) is 16.5. The molecule has 0 spiro atoms. The van der Waals surface area contributed by atoms with E-state index in [4.69, 9.17) is 16.3 Å². The number of hydrogen-bond donors (Lipinski definition) is 0. The fraction of sp³-hybridized carbons (Fsp3) is 0.227. The standard InChI is InChI=1S/C22H20ClN3O3/c1-2-29-22(28)20-18-14-25(21(27)15-7-6-8-16(23)13-15)12-11-19(18)26(24-20)17-9-4-3-5-10-17/h3-10,13H,2,11-12,14H2,1H3. The molecule has 0 radical (unpaired) electrons. The zero-order valence-corrected chi connectivity index (χ0v) is 16.7. The van der Waals surface area contributed by atoms with E-state index in [-0.39, 0.29) is 18.2 Å². The first-order valence-electron chi connectivity index (χ1n) is 9.46. The van der Waals surface area contributed by atoms with Crippen LogP contribution in [0.1, 0.15) is 39.0 Å². The average molecular weight is 410 g/mol. The normalized spacial score (nSPS) is 13.1. The predicted molar refractivity (Wildman–Crippen MR) is 109 cm³/mol. The maximum Gasteiger partial charge on any atom is 0.359 e. The minimum absolute atomic E-state index is 0.125. The number of para-hydroxylation sites is 1. The molecule has 7 heteroatoms. The molecule has 29 heavy (non-hydrogen) atoms. The van der Waals surface area contributed by atoms with E-state index in [0.29, 0.717) is 30.1 Å². The monoisotopic (exact) mass is 409 g/mol. The maximum absolute atomic E-state index is 13.0. The average Bonchev–Trinajstić information content (AvgIpc) is 3.13. The van der Waals surface area contributed by atoms with Crippen molar-refractivity contribution in [2.24, 2.45) is 0 Å². The van der Waals surface area contributed by atoms with E-state index in [1.807, 2.05) is 30.3 Å². The van der Waals surface area contributed by atoms with Crippen LogP contribution in [0, 0.1) is 0 Å². The first kappa shape index (κ1) is 19.2. The highest BCUT2D eigenvalue weighted by Gasteiger charge is 2.31. The summed E-state index contributed by atoms with van der Waals surface area (Å²) < 4.78 is 6.98. The number of amides is 1. The quantitative estimate of drug-likeness (QED) is 0.613. The lowest BCUT2D eigenvalue weighted by Gasteiger charge is -2.28. The molecular weight excluding hydrogens is 390 g/mol. The van der Waals surface area contributed by atoms with Gasteiger partial charge in [0.2, 0.25) is 0 Å². The molecule has 1 aliphatic rings. The minimum atomic E-state index is -0.476. The van der Waals surface area contributed by atoms with Gasteiger partial charge in [-0.15, -0.1) is 0 Å². The Hall–Kier alpha value is -3.12. The molecule has 0 atom stereocenters. The topological polar surface area (TPSA) is 64.4 Å². The van der Waals surface area contributed by atoms with Gasteiger partial charge in [-0.3, -0.25) is 4.79 Å². The summed E-state index contributed by atoms with van der Waals surface area (Å²) in [5.74, 6) is -0.601. The van der Waals surface area contributed by atoms with Crippen molar-refractivity contribution in [3.8, 4) is 5.69 Å². The Morgan fingerprint density at radius 3 is 2.66 bits per heavy atom. The summed E-state index contributed by atoms with van der Waals surface area (Å²) in [4.78, 5) is 27.2. The van der Waals surface area contributed by atoms with Crippen LogP contribution in [0.4, 0.5) is 0 Å². The van der Waals surface area contributed by atoms with E-state index in [2.05, 4.69) is 5.10 Å². The zero-order chi connectivity index (χ0) is 20.4. The highest BCUT2D eigenvalue weighted by Crippen LogP contribution is 2.27. The van der Waals surface area contributed by atoms with E-state index >= 15 is 0 Å². The molecule has 0 saturated carbocycles. The van der Waals surface area contributed by atoms with Gasteiger partial charge in [-0.05, 0) is 37.3 Å². The lowest BCUT2D eigenvalue weighted by molar-refractivity contribution is 0.0513. The van der Waals surface area contributed by atoms with Gasteiger partial charge in [-0.1, -0.05) is 35.9 Å². The lowest BCUT2D eigenvalue weighted by Crippen LogP contribution is -2.36. The smallest absolute Gasteiger partial charge is 0.359 e. The first-order chi connectivity index (χ1) is 14.1. The summed E-state index contributed by atoms with van der Waals surface area (Å²) in [5, 5.41) is 5.06. The van der Waals surface area contributed by atoms with Crippen molar-refractivity contribution in [2.75, 3.05) is 13.2 Å². The van der Waals surface area contributed by atoms with E-state index in [1.165, 1.54) is 0 Å². The number of hydrogen-bond acceptors (Lipinski definition) is 4. The van der Waals surface area contributed by atoms with E-state index < -0.39 is 5.97 Å². The molecule has 1 aliphatic heterocycles. The Kier molecular flexibility index (Phi) is 5.36. The highest BCUT2D eigenvalue weighted by molar-refractivity contribution is 6.30. The van der Waals surface area contributed by atoms with Gasteiger partial charge in [-0.25, -0.2) is 9.48 Å². The molecule has 6 nitrogen and oxygen atoms in total. The second-order valence-corrected chi connectivity index (χ2v) is 7.17. The van der Waals surface area contributed by atoms with Crippen molar-refractivity contribution in [1.82, 2.24) is 14.7 Å². The van der Waals surface area contributed by atoms with Gasteiger partial charge in [0, 0.05) is 29.1 Å². The van der Waals surface area contributed by atoms with Gasteiger partial charge in [0.05, 0.1) is 24.5 Å². The van der Waals surface area contributed by atoms with Crippen LogP contribution >= 0.6 is 11.6 Å². The van der Waals surface area contributed by atoms with Crippen LogP contribution in [0.2, 0.25) is 5.02 Å². The molecule has 0 bridgehead atoms. The third-order valence-corrected chi connectivity index (χ3v) is 5.12. The molecule has 148 valence electrons. The fourth-order valence-electron chi connectivity index (χ4n) is 3.54. The van der Waals surface area contributed by atoms with E-state index in [0.717, 1.165) is 16.9 Å². The zero-order valence-electron chi connectivity index (χ0n) is 16.0. The number of fused-ring (bicyclic) bond motifs is 1. The lowest BCUT2D eigenvalue weighted by atomic mass is 10.0. The number of ether oxygens (including phenoxy) is 1. The van der Waals surface area contributed by atoms with Gasteiger partial charge >= 0.3 is 5.97 Å². The first-order valence-corrected chi connectivity index (χ1v) is 9.84. The summed E-state index contributed by atoms with van der Waals surface area (Å²) in [6.07, 6.45) is 0.586. The number of halogens is 1. The predicted octanol–water partition coefficient (Wildman–Crippen LogP) is 3.90. The second-order valence-electron chi connectivity index (χ2n) is 6.73. The van der Waals surface area contributed by atoms with Crippen molar-refractivity contribution in [3.63, 3.8) is 0 Å². The highest BCUT2D eigenvalue weighted by atomic mass is 35.5. The third kappa shape index (κ3) is 3.76. The fourth-order valence-corrected chi connectivity index (χ4v) is 3.73. The molecule has 4 rings (SSSR count). The molecular formula is C22H20ClN3O3. The van der Waals surface area contributed by atoms with Crippen molar-refractivity contribution in [1.29, 1.82) is 0 Å². The molecule has 0 saturated heterocycles. The number of carbonyl (C=O) groups excluding carboxylic acids is 2. The summed E-state index contributed by atoms with van der Waals surface area (Å²) in [5.41, 5.74) is 3.31. The molecule has 0 N–H and O–H groups in total. The molecule has 3 aromatic rings. The van der Waals surface area contributed by atoms with Crippen molar-refractivity contribution >= 4 is 23.5 Å².